The van der Waals surface area contributed by atoms with Gasteiger partial charge in [-0.1, -0.05) is 35.3 Å². The van der Waals surface area contributed by atoms with Gasteiger partial charge in [0.15, 0.2) is 0 Å². The van der Waals surface area contributed by atoms with Crippen molar-refractivity contribution in [2.75, 3.05) is 10.6 Å². The van der Waals surface area contributed by atoms with Crippen molar-refractivity contribution >= 4 is 40.5 Å². The Kier molecular flexibility index (Phi) is 5.64. The minimum atomic E-state index is -0.501. The Morgan fingerprint density at radius 1 is 1.13 bits per heavy atom. The van der Waals surface area contributed by atoms with Crippen LogP contribution in [-0.2, 0) is 4.79 Å². The largest absolute Gasteiger partial charge is 0.360 e. The number of nitriles is 1. The number of rotatable bonds is 4. The number of carbonyl (C=O) groups is 1. The molecule has 0 saturated heterocycles. The van der Waals surface area contributed by atoms with Crippen molar-refractivity contribution in [3.63, 3.8) is 0 Å². The first-order valence-electron chi connectivity index (χ1n) is 6.69. The molecule has 0 unspecified atom stereocenters. The predicted molar refractivity (Wildman–Crippen MR) is 93.6 cm³/mol. The molecule has 0 fully saturated rings. The number of amides is 1. The number of aryl methyl sites for hydroxylation is 1. The third kappa shape index (κ3) is 5.03. The zero-order valence-electron chi connectivity index (χ0n) is 12.2. The van der Waals surface area contributed by atoms with Crippen molar-refractivity contribution in [1.82, 2.24) is 0 Å². The normalized spacial score (nSPS) is 10.8. The average Bonchev–Trinajstić information content (AvgIpc) is 2.46. The molecule has 2 N–H and O–H groups in total. The van der Waals surface area contributed by atoms with Crippen molar-refractivity contribution in [3.8, 4) is 6.07 Å². The quantitative estimate of drug-likeness (QED) is 0.620. The van der Waals surface area contributed by atoms with E-state index in [0.717, 1.165) is 5.56 Å². The van der Waals surface area contributed by atoms with Gasteiger partial charge in [0.1, 0.15) is 11.6 Å². The summed E-state index contributed by atoms with van der Waals surface area (Å²) in [7, 11) is 0. The highest BCUT2D eigenvalue weighted by Gasteiger charge is 2.09. The van der Waals surface area contributed by atoms with Crippen LogP contribution in [0.5, 0.6) is 0 Å². The topological polar surface area (TPSA) is 64.9 Å². The monoisotopic (exact) mass is 345 g/mol. The van der Waals surface area contributed by atoms with E-state index >= 15 is 0 Å². The number of nitrogens with one attached hydrogen (secondary N) is 2. The lowest BCUT2D eigenvalue weighted by Crippen LogP contribution is -2.14. The van der Waals surface area contributed by atoms with Gasteiger partial charge >= 0.3 is 0 Å². The van der Waals surface area contributed by atoms with Gasteiger partial charge in [-0.05, 0) is 42.8 Å². The number of hydrogen-bond donors (Lipinski definition) is 2. The van der Waals surface area contributed by atoms with E-state index in [1.807, 2.05) is 31.2 Å². The molecule has 2 rings (SSSR count). The summed E-state index contributed by atoms with van der Waals surface area (Å²) in [6.07, 6.45) is 1.31. The summed E-state index contributed by atoms with van der Waals surface area (Å²) in [6.45, 7) is 1.92. The first-order chi connectivity index (χ1) is 11.0. The van der Waals surface area contributed by atoms with E-state index in [2.05, 4.69) is 10.6 Å². The SMILES string of the molecule is Cc1cccc(NC(=O)/C(C#N)=C\Nc2cc(Cl)cc(Cl)c2)c1. The number of nitrogens with zero attached hydrogens (tertiary/aromatic N) is 1. The van der Waals surface area contributed by atoms with Crippen LogP contribution in [0, 0.1) is 18.3 Å². The average molecular weight is 346 g/mol. The Balaban J connectivity index is 2.12. The molecule has 23 heavy (non-hydrogen) atoms. The summed E-state index contributed by atoms with van der Waals surface area (Å²) in [4.78, 5) is 12.1. The van der Waals surface area contributed by atoms with E-state index in [-0.39, 0.29) is 5.57 Å². The fraction of sp³-hybridized carbons (Fsp3) is 0.0588. The molecule has 2 aromatic rings. The number of benzene rings is 2. The van der Waals surface area contributed by atoms with Crippen LogP contribution < -0.4 is 10.6 Å². The first kappa shape index (κ1) is 16.9. The van der Waals surface area contributed by atoms with Crippen LogP contribution in [0.25, 0.3) is 0 Å². The molecule has 1 amide bonds. The molecule has 0 atom stereocenters. The minimum absolute atomic E-state index is 0.0670. The maximum atomic E-state index is 12.1. The summed E-state index contributed by atoms with van der Waals surface area (Å²) >= 11 is 11.8. The van der Waals surface area contributed by atoms with E-state index in [0.29, 0.717) is 21.4 Å². The van der Waals surface area contributed by atoms with Gasteiger partial charge in [-0.25, -0.2) is 0 Å². The molecule has 6 heteroatoms. The van der Waals surface area contributed by atoms with Crippen LogP contribution in [-0.4, -0.2) is 5.91 Å². The molecule has 0 aliphatic heterocycles. The maximum absolute atomic E-state index is 12.1. The second-order valence-corrected chi connectivity index (χ2v) is 5.67. The number of anilines is 2. The maximum Gasteiger partial charge on any atom is 0.267 e. The molecule has 0 radical (unpaired) electrons. The van der Waals surface area contributed by atoms with Crippen LogP contribution in [0.4, 0.5) is 11.4 Å². The van der Waals surface area contributed by atoms with E-state index in [1.165, 1.54) is 6.20 Å². The van der Waals surface area contributed by atoms with Crippen LogP contribution in [0.15, 0.2) is 54.2 Å². The number of hydrogen-bond acceptors (Lipinski definition) is 3. The van der Waals surface area contributed by atoms with Gasteiger partial charge in [-0.3, -0.25) is 4.79 Å². The van der Waals surface area contributed by atoms with Crippen molar-refractivity contribution in [1.29, 1.82) is 5.26 Å². The lowest BCUT2D eigenvalue weighted by Gasteiger charge is -2.06. The fourth-order valence-electron chi connectivity index (χ4n) is 1.86. The van der Waals surface area contributed by atoms with Crippen LogP contribution in [0.1, 0.15) is 5.56 Å². The summed E-state index contributed by atoms with van der Waals surface area (Å²) in [5.74, 6) is -0.501. The van der Waals surface area contributed by atoms with Crippen molar-refractivity contribution in [2.45, 2.75) is 6.92 Å². The lowest BCUT2D eigenvalue weighted by atomic mass is 10.2. The van der Waals surface area contributed by atoms with E-state index in [9.17, 15) is 4.79 Å². The Morgan fingerprint density at radius 2 is 1.83 bits per heavy atom. The van der Waals surface area contributed by atoms with Crippen molar-refractivity contribution in [3.05, 3.63) is 69.8 Å². The third-order valence-corrected chi connectivity index (χ3v) is 3.32. The van der Waals surface area contributed by atoms with Gasteiger partial charge in [-0.15, -0.1) is 0 Å². The van der Waals surface area contributed by atoms with Crippen LogP contribution in [0.3, 0.4) is 0 Å². The second-order valence-electron chi connectivity index (χ2n) is 4.80. The van der Waals surface area contributed by atoms with Gasteiger partial charge in [0.25, 0.3) is 5.91 Å². The van der Waals surface area contributed by atoms with E-state index in [1.54, 1.807) is 24.3 Å². The zero-order valence-corrected chi connectivity index (χ0v) is 13.7. The molecule has 0 aromatic heterocycles. The highest BCUT2D eigenvalue weighted by Crippen LogP contribution is 2.22. The van der Waals surface area contributed by atoms with Gasteiger partial charge in [0, 0.05) is 27.6 Å². The highest BCUT2D eigenvalue weighted by molar-refractivity contribution is 6.35. The lowest BCUT2D eigenvalue weighted by molar-refractivity contribution is -0.112. The summed E-state index contributed by atoms with van der Waals surface area (Å²) in [5.41, 5.74) is 2.15. The van der Waals surface area contributed by atoms with Crippen LogP contribution in [0.2, 0.25) is 10.0 Å². The second kappa shape index (κ2) is 7.68. The Bertz CT molecular complexity index is 789. The smallest absolute Gasteiger partial charge is 0.267 e. The molecule has 116 valence electrons. The molecule has 0 heterocycles. The predicted octanol–water partition coefficient (Wildman–Crippen LogP) is 4.76. The Hall–Kier alpha value is -2.48. The number of halogens is 2. The molecule has 0 aliphatic carbocycles. The zero-order chi connectivity index (χ0) is 16.8. The summed E-state index contributed by atoms with van der Waals surface area (Å²) in [5, 5.41) is 15.6. The fourth-order valence-corrected chi connectivity index (χ4v) is 2.39. The molecule has 2 aromatic carbocycles. The Morgan fingerprint density at radius 3 is 2.43 bits per heavy atom. The van der Waals surface area contributed by atoms with Crippen LogP contribution >= 0.6 is 23.2 Å². The third-order valence-electron chi connectivity index (χ3n) is 2.89. The molecule has 0 aliphatic rings. The van der Waals surface area contributed by atoms with E-state index < -0.39 is 5.91 Å². The van der Waals surface area contributed by atoms with Gasteiger partial charge < -0.3 is 10.6 Å². The van der Waals surface area contributed by atoms with Gasteiger partial charge in [0.05, 0.1) is 0 Å². The van der Waals surface area contributed by atoms with Crippen molar-refractivity contribution in [2.24, 2.45) is 0 Å². The van der Waals surface area contributed by atoms with E-state index in [4.69, 9.17) is 28.5 Å². The Labute approximate surface area is 144 Å². The molecule has 0 spiro atoms. The van der Waals surface area contributed by atoms with Gasteiger partial charge in [0.2, 0.25) is 0 Å². The molecule has 0 bridgehead atoms. The molecule has 0 saturated carbocycles. The highest BCUT2D eigenvalue weighted by atomic mass is 35.5. The standard InChI is InChI=1S/C17H13Cl2N3O/c1-11-3-2-4-15(5-11)22-17(23)12(9-20)10-21-16-7-13(18)6-14(19)8-16/h2-8,10,21H,1H3,(H,22,23)/b12-10-. The summed E-state index contributed by atoms with van der Waals surface area (Å²) < 4.78 is 0. The van der Waals surface area contributed by atoms with Gasteiger partial charge in [-0.2, -0.15) is 5.26 Å². The van der Waals surface area contributed by atoms with Crippen molar-refractivity contribution < 1.29 is 4.79 Å². The molecular weight excluding hydrogens is 333 g/mol. The molecule has 4 nitrogen and oxygen atoms in total. The summed E-state index contributed by atoms with van der Waals surface area (Å²) in [6, 6.07) is 14.0. The first-order valence-corrected chi connectivity index (χ1v) is 7.44. The number of carbonyl (C=O) groups excluding carboxylic acids is 1. The minimum Gasteiger partial charge on any atom is -0.360 e. The molecular formula is C17H13Cl2N3O.